The standard InChI is InChI=1S/C24H23N3O3S/c28-23(27-11-13-29-14-12-27)15-17-5-7-18(8-6-17)25-16-19-9-10-21(30-19)24-26-20-3-1-2-4-22(20)31-24/h1-10,25H,11-16H2. The molecule has 6 nitrogen and oxygen atoms in total. The Morgan fingerprint density at radius 1 is 1.03 bits per heavy atom. The summed E-state index contributed by atoms with van der Waals surface area (Å²) in [5, 5.41) is 4.26. The van der Waals surface area contributed by atoms with Gasteiger partial charge in [0.1, 0.15) is 5.76 Å². The van der Waals surface area contributed by atoms with E-state index >= 15 is 0 Å². The number of rotatable bonds is 6. The Balaban J connectivity index is 1.17. The van der Waals surface area contributed by atoms with Crippen LogP contribution in [-0.2, 0) is 22.5 Å². The van der Waals surface area contributed by atoms with Crippen LogP contribution in [0.1, 0.15) is 11.3 Å². The van der Waals surface area contributed by atoms with E-state index in [0.717, 1.165) is 38.0 Å². The van der Waals surface area contributed by atoms with E-state index in [0.29, 0.717) is 39.3 Å². The molecule has 0 bridgehead atoms. The molecule has 0 atom stereocenters. The third-order valence-electron chi connectivity index (χ3n) is 5.31. The fraction of sp³-hybridized carbons (Fsp3) is 0.250. The molecule has 0 radical (unpaired) electrons. The Kier molecular flexibility index (Phi) is 5.69. The Labute approximate surface area is 184 Å². The minimum Gasteiger partial charge on any atom is -0.457 e. The predicted octanol–water partition coefficient (Wildman–Crippen LogP) is 4.57. The molecular weight excluding hydrogens is 410 g/mol. The molecule has 1 amide bonds. The summed E-state index contributed by atoms with van der Waals surface area (Å²) in [5.74, 6) is 1.79. The second-order valence-corrected chi connectivity index (χ2v) is 8.50. The first kappa shape index (κ1) is 19.8. The maximum atomic E-state index is 12.4. The highest BCUT2D eigenvalue weighted by atomic mass is 32.1. The van der Waals surface area contributed by atoms with Gasteiger partial charge < -0.3 is 19.4 Å². The molecule has 31 heavy (non-hydrogen) atoms. The van der Waals surface area contributed by atoms with E-state index in [2.05, 4.69) is 16.4 Å². The van der Waals surface area contributed by atoms with E-state index in [1.807, 2.05) is 59.5 Å². The fourth-order valence-electron chi connectivity index (χ4n) is 3.59. The molecule has 0 aliphatic carbocycles. The summed E-state index contributed by atoms with van der Waals surface area (Å²) in [4.78, 5) is 18.9. The summed E-state index contributed by atoms with van der Waals surface area (Å²) in [6.07, 6.45) is 0.421. The fourth-order valence-corrected chi connectivity index (χ4v) is 4.52. The number of aromatic nitrogens is 1. The molecule has 2 aromatic carbocycles. The monoisotopic (exact) mass is 433 g/mol. The van der Waals surface area contributed by atoms with E-state index in [1.165, 1.54) is 0 Å². The Morgan fingerprint density at radius 2 is 1.84 bits per heavy atom. The average Bonchev–Trinajstić information content (AvgIpc) is 3.46. The number of benzene rings is 2. The molecule has 1 N–H and O–H groups in total. The predicted molar refractivity (Wildman–Crippen MR) is 122 cm³/mol. The van der Waals surface area contributed by atoms with Gasteiger partial charge in [0.05, 0.1) is 36.4 Å². The van der Waals surface area contributed by atoms with E-state index in [1.54, 1.807) is 11.3 Å². The number of nitrogens with zero attached hydrogens (tertiary/aromatic N) is 2. The lowest BCUT2D eigenvalue weighted by Gasteiger charge is -2.26. The van der Waals surface area contributed by atoms with Crippen molar-refractivity contribution in [2.45, 2.75) is 13.0 Å². The van der Waals surface area contributed by atoms with Crippen LogP contribution < -0.4 is 5.32 Å². The molecule has 7 heteroatoms. The first-order valence-electron chi connectivity index (χ1n) is 10.4. The van der Waals surface area contributed by atoms with Crippen molar-refractivity contribution in [1.82, 2.24) is 9.88 Å². The number of anilines is 1. The van der Waals surface area contributed by atoms with Gasteiger partial charge in [-0.05, 0) is 42.0 Å². The molecule has 4 aromatic rings. The highest BCUT2D eigenvalue weighted by molar-refractivity contribution is 7.21. The highest BCUT2D eigenvalue weighted by Crippen LogP contribution is 2.31. The summed E-state index contributed by atoms with van der Waals surface area (Å²) in [7, 11) is 0. The van der Waals surface area contributed by atoms with Crippen molar-refractivity contribution in [2.75, 3.05) is 31.6 Å². The normalized spacial score (nSPS) is 14.1. The first-order chi connectivity index (χ1) is 15.2. The van der Waals surface area contributed by atoms with Crippen LogP contribution in [0.2, 0.25) is 0 Å². The van der Waals surface area contributed by atoms with Gasteiger partial charge in [-0.2, -0.15) is 0 Å². The zero-order valence-corrected chi connectivity index (χ0v) is 17.9. The Bertz CT molecular complexity index is 1140. The second kappa shape index (κ2) is 8.91. The molecule has 0 unspecified atom stereocenters. The van der Waals surface area contributed by atoms with E-state index in [9.17, 15) is 4.79 Å². The van der Waals surface area contributed by atoms with Gasteiger partial charge in [-0.15, -0.1) is 11.3 Å². The first-order valence-corrected chi connectivity index (χ1v) is 11.2. The summed E-state index contributed by atoms with van der Waals surface area (Å²) >= 11 is 1.63. The Hall–Kier alpha value is -3.16. The number of hydrogen-bond acceptors (Lipinski definition) is 6. The van der Waals surface area contributed by atoms with Crippen LogP contribution >= 0.6 is 11.3 Å². The summed E-state index contributed by atoms with van der Waals surface area (Å²) < 4.78 is 12.4. The van der Waals surface area contributed by atoms with Gasteiger partial charge in [0, 0.05) is 18.8 Å². The minimum atomic E-state index is 0.155. The third kappa shape index (κ3) is 4.62. The number of para-hydroxylation sites is 1. The van der Waals surface area contributed by atoms with Gasteiger partial charge in [0.2, 0.25) is 5.91 Å². The van der Waals surface area contributed by atoms with Crippen LogP contribution in [0.4, 0.5) is 5.69 Å². The summed E-state index contributed by atoms with van der Waals surface area (Å²) in [6.45, 7) is 3.20. The van der Waals surface area contributed by atoms with Crippen LogP contribution in [-0.4, -0.2) is 42.1 Å². The van der Waals surface area contributed by atoms with Gasteiger partial charge in [0.25, 0.3) is 0 Å². The Morgan fingerprint density at radius 3 is 2.65 bits per heavy atom. The van der Waals surface area contributed by atoms with Gasteiger partial charge in [-0.3, -0.25) is 4.79 Å². The number of hydrogen-bond donors (Lipinski definition) is 1. The van der Waals surface area contributed by atoms with Gasteiger partial charge in [-0.1, -0.05) is 24.3 Å². The topological polar surface area (TPSA) is 67.6 Å². The molecule has 2 aromatic heterocycles. The zero-order valence-electron chi connectivity index (χ0n) is 17.0. The molecule has 1 saturated heterocycles. The van der Waals surface area contributed by atoms with Crippen LogP contribution in [0, 0.1) is 0 Å². The molecule has 0 spiro atoms. The molecular formula is C24H23N3O3S. The molecule has 1 aliphatic heterocycles. The van der Waals surface area contributed by atoms with Crippen LogP contribution in [0.3, 0.4) is 0 Å². The number of carbonyl (C=O) groups excluding carboxylic acids is 1. The number of nitrogens with one attached hydrogen (secondary N) is 1. The summed E-state index contributed by atoms with van der Waals surface area (Å²) in [6, 6.07) is 20.0. The van der Waals surface area contributed by atoms with Crippen LogP contribution in [0.5, 0.6) is 0 Å². The van der Waals surface area contributed by atoms with Crippen molar-refractivity contribution in [2.24, 2.45) is 0 Å². The SMILES string of the molecule is O=C(Cc1ccc(NCc2ccc(-c3nc4ccccc4s3)o2)cc1)N1CCOCC1. The molecule has 1 fully saturated rings. The van der Waals surface area contributed by atoms with Crippen molar-refractivity contribution < 1.29 is 13.9 Å². The largest absolute Gasteiger partial charge is 0.457 e. The number of morpholine rings is 1. The second-order valence-electron chi connectivity index (χ2n) is 7.47. The van der Waals surface area contributed by atoms with Crippen molar-refractivity contribution in [3.05, 3.63) is 72.0 Å². The lowest BCUT2D eigenvalue weighted by molar-refractivity contribution is -0.134. The highest BCUT2D eigenvalue weighted by Gasteiger charge is 2.17. The maximum Gasteiger partial charge on any atom is 0.227 e. The van der Waals surface area contributed by atoms with E-state index in [4.69, 9.17) is 9.15 Å². The van der Waals surface area contributed by atoms with Crippen molar-refractivity contribution in [1.29, 1.82) is 0 Å². The molecule has 158 valence electrons. The smallest absolute Gasteiger partial charge is 0.227 e. The summed E-state index contributed by atoms with van der Waals surface area (Å²) in [5.41, 5.74) is 2.99. The van der Waals surface area contributed by atoms with E-state index < -0.39 is 0 Å². The van der Waals surface area contributed by atoms with E-state index in [-0.39, 0.29) is 5.91 Å². The van der Waals surface area contributed by atoms with Crippen LogP contribution in [0.25, 0.3) is 21.0 Å². The maximum absolute atomic E-state index is 12.4. The van der Waals surface area contributed by atoms with Crippen molar-refractivity contribution >= 4 is 33.1 Å². The third-order valence-corrected chi connectivity index (χ3v) is 6.36. The van der Waals surface area contributed by atoms with Crippen LogP contribution in [0.15, 0.2) is 65.1 Å². The zero-order chi connectivity index (χ0) is 21.0. The number of carbonyl (C=O) groups is 1. The molecule has 5 rings (SSSR count). The number of amides is 1. The molecule has 0 saturated carbocycles. The number of fused-ring (bicyclic) bond motifs is 1. The number of ether oxygens (including phenoxy) is 1. The number of thiazole rings is 1. The minimum absolute atomic E-state index is 0.155. The van der Waals surface area contributed by atoms with Gasteiger partial charge in [0.15, 0.2) is 10.8 Å². The number of furan rings is 1. The van der Waals surface area contributed by atoms with Gasteiger partial charge in [-0.25, -0.2) is 4.98 Å². The van der Waals surface area contributed by atoms with Gasteiger partial charge >= 0.3 is 0 Å². The molecule has 1 aliphatic rings. The molecule has 3 heterocycles. The average molecular weight is 434 g/mol. The lowest BCUT2D eigenvalue weighted by atomic mass is 10.1. The van der Waals surface area contributed by atoms with Crippen molar-refractivity contribution in [3.63, 3.8) is 0 Å². The quantitative estimate of drug-likeness (QED) is 0.482. The van der Waals surface area contributed by atoms with Crippen molar-refractivity contribution in [3.8, 4) is 10.8 Å². The lowest BCUT2D eigenvalue weighted by Crippen LogP contribution is -2.41.